The van der Waals surface area contributed by atoms with Gasteiger partial charge in [0.25, 0.3) is 0 Å². The molecule has 1 N–H and O–H groups in total. The lowest BCUT2D eigenvalue weighted by Gasteiger charge is -2.19. The van der Waals surface area contributed by atoms with Gasteiger partial charge in [-0.25, -0.2) is 0 Å². The molecule has 3 nitrogen and oxygen atoms in total. The Hall–Kier alpha value is -0.580. The highest BCUT2D eigenvalue weighted by Gasteiger charge is 2.10. The lowest BCUT2D eigenvalue weighted by atomic mass is 10.2. The first-order valence-electron chi connectivity index (χ1n) is 6.84. The summed E-state index contributed by atoms with van der Waals surface area (Å²) >= 11 is 2.07. The molecule has 100 valence electrons. The Balaban J connectivity index is 1.91. The summed E-state index contributed by atoms with van der Waals surface area (Å²) in [5.41, 5.74) is 2.36. The van der Waals surface area contributed by atoms with Crippen LogP contribution < -0.4 is 5.32 Å². The minimum absolute atomic E-state index is 0.875. The summed E-state index contributed by atoms with van der Waals surface area (Å²) in [6.07, 6.45) is 1.31. The molecule has 0 radical (unpaired) electrons. The van der Waals surface area contributed by atoms with Gasteiger partial charge in [0, 0.05) is 25.4 Å². The molecule has 1 aliphatic heterocycles. The third kappa shape index (κ3) is 4.59. The predicted molar refractivity (Wildman–Crippen MR) is 78.8 cm³/mol. The zero-order valence-corrected chi connectivity index (χ0v) is 12.0. The van der Waals surface area contributed by atoms with Gasteiger partial charge in [-0.05, 0) is 37.4 Å². The van der Waals surface area contributed by atoms with Gasteiger partial charge in [-0.2, -0.15) is 11.8 Å². The number of nitrogens with one attached hydrogen (secondary N) is 1. The molecule has 0 atom stereocenters. The third-order valence-electron chi connectivity index (χ3n) is 3.12. The van der Waals surface area contributed by atoms with Crippen LogP contribution in [0, 0.1) is 0 Å². The molecule has 18 heavy (non-hydrogen) atoms. The van der Waals surface area contributed by atoms with E-state index in [9.17, 15) is 0 Å². The van der Waals surface area contributed by atoms with E-state index in [2.05, 4.69) is 47.1 Å². The van der Waals surface area contributed by atoms with Gasteiger partial charge in [-0.1, -0.05) is 13.0 Å². The van der Waals surface area contributed by atoms with Crippen molar-refractivity contribution >= 4 is 11.8 Å². The lowest BCUT2D eigenvalue weighted by Crippen LogP contribution is -2.26. The van der Waals surface area contributed by atoms with Crippen molar-refractivity contribution in [3.8, 4) is 0 Å². The van der Waals surface area contributed by atoms with Crippen LogP contribution in [0.1, 0.15) is 24.7 Å². The number of thioether (sulfide) groups is 1. The molecular formula is C14H23N3S. The maximum atomic E-state index is 4.72. The molecule has 1 aromatic rings. The van der Waals surface area contributed by atoms with Gasteiger partial charge in [0.05, 0.1) is 11.4 Å². The summed E-state index contributed by atoms with van der Waals surface area (Å²) in [4.78, 5) is 7.25. The molecule has 0 spiro atoms. The van der Waals surface area contributed by atoms with Gasteiger partial charge in [0.2, 0.25) is 0 Å². The molecular weight excluding hydrogens is 242 g/mol. The predicted octanol–water partition coefficient (Wildman–Crippen LogP) is 2.13. The summed E-state index contributed by atoms with van der Waals surface area (Å²) in [7, 11) is 0. The Labute approximate surface area is 114 Å². The highest BCUT2D eigenvalue weighted by molar-refractivity contribution is 7.99. The molecule has 2 heterocycles. The third-order valence-corrected chi connectivity index (χ3v) is 4.17. The first-order chi connectivity index (χ1) is 8.88. The molecule has 0 amide bonds. The average molecular weight is 265 g/mol. The summed E-state index contributed by atoms with van der Waals surface area (Å²) in [6.45, 7) is 7.41. The second-order valence-corrected chi connectivity index (χ2v) is 5.87. The molecule has 1 fully saturated rings. The van der Waals surface area contributed by atoms with Crippen LogP contribution in [-0.2, 0) is 13.1 Å². The Bertz CT molecular complexity index is 349. The van der Waals surface area contributed by atoms with Crippen LogP contribution >= 0.6 is 11.8 Å². The average Bonchev–Trinajstić information content (AvgIpc) is 2.65. The zero-order valence-electron chi connectivity index (χ0n) is 11.2. The van der Waals surface area contributed by atoms with Crippen molar-refractivity contribution < 1.29 is 0 Å². The van der Waals surface area contributed by atoms with E-state index in [4.69, 9.17) is 4.98 Å². The van der Waals surface area contributed by atoms with Crippen LogP contribution in [0.2, 0.25) is 0 Å². The lowest BCUT2D eigenvalue weighted by molar-refractivity contribution is 0.284. The molecule has 0 aliphatic carbocycles. The highest BCUT2D eigenvalue weighted by Crippen LogP contribution is 2.12. The smallest absolute Gasteiger partial charge is 0.0547 e. The van der Waals surface area contributed by atoms with Gasteiger partial charge >= 0.3 is 0 Å². The maximum Gasteiger partial charge on any atom is 0.0547 e. The minimum Gasteiger partial charge on any atom is -0.311 e. The van der Waals surface area contributed by atoms with Crippen molar-refractivity contribution in [2.75, 3.05) is 31.1 Å². The second-order valence-electron chi connectivity index (χ2n) is 4.64. The quantitative estimate of drug-likeness (QED) is 0.883. The molecule has 0 aromatic carbocycles. The van der Waals surface area contributed by atoms with Crippen molar-refractivity contribution in [3.05, 3.63) is 29.6 Å². The Morgan fingerprint density at radius 1 is 1.28 bits per heavy atom. The van der Waals surface area contributed by atoms with Gasteiger partial charge in [-0.3, -0.25) is 9.88 Å². The van der Waals surface area contributed by atoms with E-state index >= 15 is 0 Å². The SMILES string of the molecule is CCNCc1cccc(CN2CCCSCC2)n1. The fourth-order valence-corrected chi connectivity index (χ4v) is 3.08. The van der Waals surface area contributed by atoms with Crippen LogP contribution in [0.5, 0.6) is 0 Å². The second kappa shape index (κ2) is 7.77. The molecule has 2 rings (SSSR count). The fourth-order valence-electron chi connectivity index (χ4n) is 2.15. The van der Waals surface area contributed by atoms with Crippen molar-refractivity contribution in [2.45, 2.75) is 26.4 Å². The number of hydrogen-bond acceptors (Lipinski definition) is 4. The van der Waals surface area contributed by atoms with Crippen LogP contribution in [0.15, 0.2) is 18.2 Å². The molecule has 0 unspecified atom stereocenters. The number of hydrogen-bond donors (Lipinski definition) is 1. The fraction of sp³-hybridized carbons (Fsp3) is 0.643. The van der Waals surface area contributed by atoms with Crippen molar-refractivity contribution in [1.82, 2.24) is 15.2 Å². The van der Waals surface area contributed by atoms with Gasteiger partial charge in [0.15, 0.2) is 0 Å². The molecule has 1 saturated heterocycles. The van der Waals surface area contributed by atoms with E-state index in [-0.39, 0.29) is 0 Å². The van der Waals surface area contributed by atoms with Crippen LogP contribution in [0.4, 0.5) is 0 Å². The normalized spacial score (nSPS) is 17.6. The van der Waals surface area contributed by atoms with Crippen molar-refractivity contribution in [1.29, 1.82) is 0 Å². The summed E-state index contributed by atoms with van der Waals surface area (Å²) < 4.78 is 0. The Kier molecular flexibility index (Phi) is 5.97. The van der Waals surface area contributed by atoms with Crippen LogP contribution in [0.3, 0.4) is 0 Å². The van der Waals surface area contributed by atoms with Crippen molar-refractivity contribution in [3.63, 3.8) is 0 Å². The molecule has 1 aliphatic rings. The maximum absolute atomic E-state index is 4.72. The van der Waals surface area contributed by atoms with E-state index in [0.29, 0.717) is 0 Å². The topological polar surface area (TPSA) is 28.2 Å². The molecule has 4 heteroatoms. The largest absolute Gasteiger partial charge is 0.311 e. The number of nitrogens with zero attached hydrogens (tertiary/aromatic N) is 2. The van der Waals surface area contributed by atoms with Gasteiger partial charge in [0.1, 0.15) is 0 Å². The number of aromatic nitrogens is 1. The van der Waals surface area contributed by atoms with E-state index in [0.717, 1.165) is 25.3 Å². The first-order valence-corrected chi connectivity index (χ1v) is 7.99. The zero-order chi connectivity index (χ0) is 12.6. The molecule has 0 saturated carbocycles. The van der Waals surface area contributed by atoms with Crippen molar-refractivity contribution in [2.24, 2.45) is 0 Å². The summed E-state index contributed by atoms with van der Waals surface area (Å²) in [5, 5.41) is 3.33. The van der Waals surface area contributed by atoms with Gasteiger partial charge < -0.3 is 5.32 Å². The minimum atomic E-state index is 0.875. The molecule has 1 aromatic heterocycles. The van der Waals surface area contributed by atoms with Crippen LogP contribution in [-0.4, -0.2) is 41.0 Å². The summed E-state index contributed by atoms with van der Waals surface area (Å²) in [6, 6.07) is 6.37. The number of pyridine rings is 1. The first kappa shape index (κ1) is 13.8. The Morgan fingerprint density at radius 2 is 2.17 bits per heavy atom. The van der Waals surface area contributed by atoms with Gasteiger partial charge in [-0.15, -0.1) is 0 Å². The number of rotatable bonds is 5. The van der Waals surface area contributed by atoms with Crippen LogP contribution in [0.25, 0.3) is 0 Å². The highest BCUT2D eigenvalue weighted by atomic mass is 32.2. The van der Waals surface area contributed by atoms with E-state index in [1.807, 2.05) is 0 Å². The monoisotopic (exact) mass is 265 g/mol. The molecule has 0 bridgehead atoms. The summed E-state index contributed by atoms with van der Waals surface area (Å²) in [5.74, 6) is 2.57. The standard InChI is InChI=1S/C14H23N3S/c1-2-15-11-13-5-3-6-14(16-13)12-17-7-4-9-18-10-8-17/h3,5-6,15H,2,4,7-12H2,1H3. The van der Waals surface area contributed by atoms with E-state index in [1.165, 1.54) is 36.7 Å². The van der Waals surface area contributed by atoms with E-state index < -0.39 is 0 Å². The Morgan fingerprint density at radius 3 is 3.06 bits per heavy atom. The van der Waals surface area contributed by atoms with E-state index in [1.54, 1.807) is 0 Å².